The summed E-state index contributed by atoms with van der Waals surface area (Å²) < 4.78 is 0. The second-order valence-electron chi connectivity index (χ2n) is 19.6. The molecule has 0 aliphatic carbocycles. The van der Waals surface area contributed by atoms with Gasteiger partial charge in [-0.05, 0) is 44.9 Å². The van der Waals surface area contributed by atoms with Crippen LogP contribution in [0.25, 0.3) is 0 Å². The first kappa shape index (κ1) is 60.8. The van der Waals surface area contributed by atoms with Crippen molar-refractivity contribution in [2.24, 2.45) is 0 Å². The van der Waals surface area contributed by atoms with Gasteiger partial charge in [0.25, 0.3) is 0 Å². The Labute approximate surface area is 388 Å². The molecule has 5 nitrogen and oxygen atoms in total. The van der Waals surface area contributed by atoms with Gasteiger partial charge in [0.15, 0.2) is 0 Å². The molecular weight excluding hydrogens is 763 g/mol. The molecule has 0 bridgehead atoms. The van der Waals surface area contributed by atoms with Gasteiger partial charge in [-0.3, -0.25) is 4.79 Å². The van der Waals surface area contributed by atoms with Crippen LogP contribution < -0.4 is 5.32 Å². The number of aliphatic hydroxyl groups excluding tert-OH is 3. The van der Waals surface area contributed by atoms with Crippen molar-refractivity contribution in [1.29, 1.82) is 0 Å². The molecule has 0 aliphatic rings. The third-order valence-electron chi connectivity index (χ3n) is 13.3. The van der Waals surface area contributed by atoms with E-state index in [-0.39, 0.29) is 18.9 Å². The fourth-order valence-corrected chi connectivity index (χ4v) is 8.97. The van der Waals surface area contributed by atoms with Gasteiger partial charge < -0.3 is 20.6 Å². The van der Waals surface area contributed by atoms with Crippen molar-refractivity contribution in [2.75, 3.05) is 6.61 Å². The normalized spacial score (nSPS) is 13.4. The van der Waals surface area contributed by atoms with Crippen molar-refractivity contribution in [1.82, 2.24) is 5.32 Å². The lowest BCUT2D eigenvalue weighted by atomic mass is 10.0. The highest BCUT2D eigenvalue weighted by atomic mass is 16.3. The Morgan fingerprint density at radius 3 is 1.02 bits per heavy atom. The van der Waals surface area contributed by atoms with Crippen LogP contribution in [0.1, 0.15) is 309 Å². The van der Waals surface area contributed by atoms with Crippen LogP contribution in [-0.2, 0) is 4.79 Å². The standard InChI is InChI=1S/C57H111NO4/c1-3-5-7-9-11-13-15-17-19-21-23-24-25-26-27-28-29-30-31-32-33-34-36-38-40-42-44-46-48-50-54(60)52-57(62)58-55(53-59)56(61)51-49-47-45-43-41-39-37-35-22-20-18-16-14-12-10-8-6-4-2/h23-24,26-27,54-56,59-61H,3-22,25,28-53H2,1-2H3,(H,58,62)/b24-23-,27-26-. The number of amides is 1. The van der Waals surface area contributed by atoms with Gasteiger partial charge >= 0.3 is 0 Å². The summed E-state index contributed by atoms with van der Waals surface area (Å²) in [6.07, 6.45) is 66.2. The number of carbonyl (C=O) groups is 1. The quantitative estimate of drug-likeness (QED) is 0.0362. The van der Waals surface area contributed by atoms with Gasteiger partial charge in [-0.15, -0.1) is 0 Å². The van der Waals surface area contributed by atoms with Gasteiger partial charge in [-0.1, -0.05) is 282 Å². The van der Waals surface area contributed by atoms with Crippen molar-refractivity contribution in [2.45, 2.75) is 327 Å². The lowest BCUT2D eigenvalue weighted by molar-refractivity contribution is -0.125. The summed E-state index contributed by atoms with van der Waals surface area (Å²) in [5.41, 5.74) is 0. The molecule has 0 aliphatic heterocycles. The highest BCUT2D eigenvalue weighted by Crippen LogP contribution is 2.18. The zero-order valence-electron chi connectivity index (χ0n) is 42.0. The number of rotatable bonds is 52. The highest BCUT2D eigenvalue weighted by molar-refractivity contribution is 5.76. The summed E-state index contributed by atoms with van der Waals surface area (Å²) in [5, 5.41) is 33.6. The third-order valence-corrected chi connectivity index (χ3v) is 13.3. The first-order chi connectivity index (χ1) is 30.5. The van der Waals surface area contributed by atoms with Crippen LogP contribution in [0.15, 0.2) is 24.3 Å². The molecule has 0 spiro atoms. The summed E-state index contributed by atoms with van der Waals surface area (Å²) >= 11 is 0. The van der Waals surface area contributed by atoms with E-state index in [0.717, 1.165) is 32.1 Å². The summed E-state index contributed by atoms with van der Waals surface area (Å²) in [4.78, 5) is 12.5. The summed E-state index contributed by atoms with van der Waals surface area (Å²) in [6, 6.07) is -0.658. The number of carbonyl (C=O) groups excluding carboxylic acids is 1. The monoisotopic (exact) mass is 874 g/mol. The molecule has 1 amide bonds. The summed E-state index contributed by atoms with van der Waals surface area (Å²) in [6.45, 7) is 4.29. The smallest absolute Gasteiger partial charge is 0.222 e. The molecule has 5 heteroatoms. The Hall–Kier alpha value is -1.17. The first-order valence-corrected chi connectivity index (χ1v) is 28.1. The van der Waals surface area contributed by atoms with E-state index in [1.807, 2.05) is 0 Å². The second-order valence-corrected chi connectivity index (χ2v) is 19.6. The highest BCUT2D eigenvalue weighted by Gasteiger charge is 2.21. The molecular formula is C57H111NO4. The SMILES string of the molecule is CCCCCCCCCCC/C=C\C/C=C\CCCCCCCCCCCCCCCC(O)CC(=O)NC(CO)C(O)CCCCCCCCCCCCCCCCCCCC. The maximum absolute atomic E-state index is 12.5. The molecule has 0 rings (SSSR count). The second kappa shape index (κ2) is 52.5. The molecule has 0 heterocycles. The predicted octanol–water partition coefficient (Wildman–Crippen LogP) is 17.3. The molecule has 3 atom stereocenters. The van der Waals surface area contributed by atoms with Crippen LogP contribution in [0.3, 0.4) is 0 Å². The van der Waals surface area contributed by atoms with Crippen molar-refractivity contribution in [3.8, 4) is 0 Å². The van der Waals surface area contributed by atoms with Gasteiger partial charge in [-0.2, -0.15) is 0 Å². The van der Waals surface area contributed by atoms with Crippen LogP contribution in [0.2, 0.25) is 0 Å². The zero-order chi connectivity index (χ0) is 45.1. The Balaban J connectivity index is 3.52. The molecule has 0 saturated carbocycles. The number of unbranched alkanes of at least 4 members (excludes halogenated alkanes) is 39. The average molecular weight is 875 g/mol. The van der Waals surface area contributed by atoms with Crippen molar-refractivity contribution >= 4 is 5.91 Å². The molecule has 368 valence electrons. The average Bonchev–Trinajstić information content (AvgIpc) is 3.27. The van der Waals surface area contributed by atoms with Gasteiger partial charge in [0.1, 0.15) is 0 Å². The van der Waals surface area contributed by atoms with Crippen molar-refractivity contribution in [3.05, 3.63) is 24.3 Å². The number of hydrogen-bond donors (Lipinski definition) is 4. The maximum atomic E-state index is 12.5. The molecule has 0 radical (unpaired) electrons. The molecule has 0 aromatic carbocycles. The van der Waals surface area contributed by atoms with E-state index in [2.05, 4.69) is 43.5 Å². The van der Waals surface area contributed by atoms with E-state index in [4.69, 9.17) is 0 Å². The first-order valence-electron chi connectivity index (χ1n) is 28.1. The van der Waals surface area contributed by atoms with Crippen LogP contribution in [-0.4, -0.2) is 46.1 Å². The van der Waals surface area contributed by atoms with Gasteiger partial charge in [0.05, 0.1) is 31.3 Å². The fourth-order valence-electron chi connectivity index (χ4n) is 8.97. The minimum absolute atomic E-state index is 0.0385. The Morgan fingerprint density at radius 2 is 0.694 bits per heavy atom. The van der Waals surface area contributed by atoms with Gasteiger partial charge in [0.2, 0.25) is 5.91 Å². The van der Waals surface area contributed by atoms with Gasteiger partial charge in [-0.25, -0.2) is 0 Å². The number of allylic oxidation sites excluding steroid dienone is 4. The topological polar surface area (TPSA) is 89.8 Å². The molecule has 0 aromatic rings. The molecule has 4 N–H and O–H groups in total. The zero-order valence-corrected chi connectivity index (χ0v) is 42.0. The predicted molar refractivity (Wildman–Crippen MR) is 273 cm³/mol. The number of nitrogens with one attached hydrogen (secondary N) is 1. The lowest BCUT2D eigenvalue weighted by Crippen LogP contribution is -2.46. The van der Waals surface area contributed by atoms with E-state index < -0.39 is 18.2 Å². The third kappa shape index (κ3) is 48.3. The largest absolute Gasteiger partial charge is 0.394 e. The van der Waals surface area contributed by atoms with E-state index in [1.165, 1.54) is 244 Å². The van der Waals surface area contributed by atoms with Gasteiger partial charge in [0, 0.05) is 0 Å². The van der Waals surface area contributed by atoms with Crippen molar-refractivity contribution in [3.63, 3.8) is 0 Å². The summed E-state index contributed by atoms with van der Waals surface area (Å²) in [5.74, 6) is -0.279. The molecule has 0 saturated heterocycles. The number of hydrogen-bond acceptors (Lipinski definition) is 4. The van der Waals surface area contributed by atoms with E-state index in [1.54, 1.807) is 0 Å². The molecule has 0 fully saturated rings. The maximum Gasteiger partial charge on any atom is 0.222 e. The van der Waals surface area contributed by atoms with E-state index in [9.17, 15) is 20.1 Å². The molecule has 0 aromatic heterocycles. The minimum atomic E-state index is -0.748. The summed E-state index contributed by atoms with van der Waals surface area (Å²) in [7, 11) is 0. The number of aliphatic hydroxyl groups is 3. The van der Waals surface area contributed by atoms with Crippen LogP contribution in [0.4, 0.5) is 0 Å². The Bertz CT molecular complexity index is 920. The molecule has 3 unspecified atom stereocenters. The van der Waals surface area contributed by atoms with E-state index in [0.29, 0.717) is 12.8 Å². The van der Waals surface area contributed by atoms with Crippen LogP contribution in [0, 0.1) is 0 Å². The molecule has 62 heavy (non-hydrogen) atoms. The van der Waals surface area contributed by atoms with Crippen molar-refractivity contribution < 1.29 is 20.1 Å². The Kier molecular flexibility index (Phi) is 51.5. The Morgan fingerprint density at radius 1 is 0.403 bits per heavy atom. The fraction of sp³-hybridized carbons (Fsp3) is 0.912. The van der Waals surface area contributed by atoms with Crippen LogP contribution >= 0.6 is 0 Å². The lowest BCUT2D eigenvalue weighted by Gasteiger charge is -2.23. The van der Waals surface area contributed by atoms with E-state index >= 15 is 0 Å². The minimum Gasteiger partial charge on any atom is -0.394 e. The van der Waals surface area contributed by atoms with Crippen LogP contribution in [0.5, 0.6) is 0 Å².